The lowest BCUT2D eigenvalue weighted by Crippen LogP contribution is -2.11. The van der Waals surface area contributed by atoms with Gasteiger partial charge in [0.2, 0.25) is 0 Å². The summed E-state index contributed by atoms with van der Waals surface area (Å²) in [5.41, 5.74) is 1.35. The molecule has 0 amide bonds. The summed E-state index contributed by atoms with van der Waals surface area (Å²) in [5.74, 6) is 3.47. The fraction of sp³-hybridized carbons (Fsp3) is 0.471. The highest BCUT2D eigenvalue weighted by atomic mass is 32.1. The van der Waals surface area contributed by atoms with E-state index in [9.17, 15) is 0 Å². The van der Waals surface area contributed by atoms with Crippen molar-refractivity contribution in [2.24, 2.45) is 13.0 Å². The van der Waals surface area contributed by atoms with Gasteiger partial charge in [-0.3, -0.25) is 0 Å². The minimum absolute atomic E-state index is 0.620. The fourth-order valence-electron chi connectivity index (χ4n) is 2.76. The van der Waals surface area contributed by atoms with Crippen molar-refractivity contribution in [2.75, 3.05) is 11.9 Å². The fourth-order valence-corrected chi connectivity index (χ4v) is 3.75. The molecular formula is C17H23N5S. The quantitative estimate of drug-likeness (QED) is 0.751. The Bertz CT molecular complexity index is 803. The van der Waals surface area contributed by atoms with Crippen LogP contribution in [0.5, 0.6) is 0 Å². The van der Waals surface area contributed by atoms with Crippen molar-refractivity contribution in [3.63, 3.8) is 0 Å². The Labute approximate surface area is 140 Å². The normalized spacial score (nSPS) is 11.5. The van der Waals surface area contributed by atoms with Crippen molar-refractivity contribution in [2.45, 2.75) is 33.6 Å². The SMILES string of the molecule is Cc1nc(NCCc2nccn2C)c2c(CC(C)C)csc2n1. The minimum atomic E-state index is 0.620. The van der Waals surface area contributed by atoms with Crippen LogP contribution in [0.2, 0.25) is 0 Å². The van der Waals surface area contributed by atoms with E-state index in [1.807, 2.05) is 26.4 Å². The summed E-state index contributed by atoms with van der Waals surface area (Å²) in [6.07, 6.45) is 5.74. The van der Waals surface area contributed by atoms with Crippen molar-refractivity contribution < 1.29 is 0 Å². The van der Waals surface area contributed by atoms with Gasteiger partial charge in [0.25, 0.3) is 0 Å². The molecule has 6 heteroatoms. The highest BCUT2D eigenvalue weighted by Gasteiger charge is 2.14. The Morgan fingerprint density at radius 1 is 1.30 bits per heavy atom. The summed E-state index contributed by atoms with van der Waals surface area (Å²) in [5, 5.41) is 6.91. The zero-order valence-electron chi connectivity index (χ0n) is 14.1. The van der Waals surface area contributed by atoms with Gasteiger partial charge in [-0.2, -0.15) is 0 Å². The predicted octanol–water partition coefficient (Wildman–Crippen LogP) is 3.59. The number of imidazole rings is 1. The van der Waals surface area contributed by atoms with E-state index in [-0.39, 0.29) is 0 Å². The summed E-state index contributed by atoms with van der Waals surface area (Å²) >= 11 is 1.71. The first-order chi connectivity index (χ1) is 11.0. The lowest BCUT2D eigenvalue weighted by atomic mass is 10.0. The number of rotatable bonds is 6. The van der Waals surface area contributed by atoms with E-state index >= 15 is 0 Å². The highest BCUT2D eigenvalue weighted by molar-refractivity contribution is 7.17. The summed E-state index contributed by atoms with van der Waals surface area (Å²) in [6.45, 7) is 7.25. The predicted molar refractivity (Wildman–Crippen MR) is 96.1 cm³/mol. The third kappa shape index (κ3) is 3.52. The number of anilines is 1. The average Bonchev–Trinajstić information content (AvgIpc) is 3.05. The van der Waals surface area contributed by atoms with Crippen molar-refractivity contribution in [3.8, 4) is 0 Å². The maximum Gasteiger partial charge on any atom is 0.138 e. The molecule has 0 spiro atoms. The summed E-state index contributed by atoms with van der Waals surface area (Å²) in [6, 6.07) is 0. The number of nitrogens with zero attached hydrogens (tertiary/aromatic N) is 4. The molecule has 0 bridgehead atoms. The van der Waals surface area contributed by atoms with Crippen molar-refractivity contribution in [3.05, 3.63) is 35.0 Å². The van der Waals surface area contributed by atoms with E-state index in [0.29, 0.717) is 5.92 Å². The van der Waals surface area contributed by atoms with Gasteiger partial charge in [0, 0.05) is 32.4 Å². The Kier molecular flexibility index (Phi) is 4.61. The molecule has 0 atom stereocenters. The Balaban J connectivity index is 1.83. The summed E-state index contributed by atoms with van der Waals surface area (Å²) in [7, 11) is 2.02. The van der Waals surface area contributed by atoms with Crippen LogP contribution in [0.1, 0.15) is 31.1 Å². The molecule has 3 heterocycles. The van der Waals surface area contributed by atoms with Crippen molar-refractivity contribution >= 4 is 27.4 Å². The molecule has 0 aliphatic heterocycles. The van der Waals surface area contributed by atoms with E-state index < -0.39 is 0 Å². The van der Waals surface area contributed by atoms with Crippen LogP contribution >= 0.6 is 11.3 Å². The number of nitrogens with one attached hydrogen (secondary N) is 1. The van der Waals surface area contributed by atoms with Crippen LogP contribution in [-0.2, 0) is 19.9 Å². The molecule has 1 N–H and O–H groups in total. The molecule has 3 rings (SSSR count). The molecule has 3 aromatic rings. The number of hydrogen-bond acceptors (Lipinski definition) is 5. The lowest BCUT2D eigenvalue weighted by Gasteiger charge is -2.10. The molecule has 0 unspecified atom stereocenters. The molecule has 23 heavy (non-hydrogen) atoms. The first kappa shape index (κ1) is 15.9. The Morgan fingerprint density at radius 2 is 2.13 bits per heavy atom. The third-order valence-corrected chi connectivity index (χ3v) is 4.73. The van der Waals surface area contributed by atoms with Gasteiger partial charge in [0.1, 0.15) is 22.3 Å². The van der Waals surface area contributed by atoms with Crippen LogP contribution in [0.15, 0.2) is 17.8 Å². The first-order valence-corrected chi connectivity index (χ1v) is 8.87. The Morgan fingerprint density at radius 3 is 2.83 bits per heavy atom. The first-order valence-electron chi connectivity index (χ1n) is 7.99. The standard InChI is InChI=1S/C17H23N5S/c1-11(2)9-13-10-23-17-15(13)16(20-12(3)21-17)19-6-5-14-18-7-8-22(14)4/h7-8,10-11H,5-6,9H2,1-4H3,(H,19,20,21). The second-order valence-electron chi connectivity index (χ2n) is 6.29. The van der Waals surface area contributed by atoms with E-state index in [2.05, 4.69) is 44.1 Å². The average molecular weight is 329 g/mol. The molecule has 0 aliphatic carbocycles. The van der Waals surface area contributed by atoms with Gasteiger partial charge in [-0.05, 0) is 30.2 Å². The maximum absolute atomic E-state index is 4.64. The van der Waals surface area contributed by atoms with Crippen molar-refractivity contribution in [1.29, 1.82) is 0 Å². The second-order valence-corrected chi connectivity index (χ2v) is 7.15. The third-order valence-electron chi connectivity index (χ3n) is 3.81. The molecule has 5 nitrogen and oxygen atoms in total. The number of aromatic nitrogens is 4. The lowest BCUT2D eigenvalue weighted by molar-refractivity contribution is 0.651. The number of aryl methyl sites for hydroxylation is 2. The van der Waals surface area contributed by atoms with Crippen LogP contribution < -0.4 is 5.32 Å². The molecule has 0 fully saturated rings. The van der Waals surface area contributed by atoms with Crippen LogP contribution in [0.25, 0.3) is 10.2 Å². The van der Waals surface area contributed by atoms with Crippen LogP contribution in [0.3, 0.4) is 0 Å². The van der Waals surface area contributed by atoms with Crippen LogP contribution in [-0.4, -0.2) is 26.1 Å². The summed E-state index contributed by atoms with van der Waals surface area (Å²) in [4.78, 5) is 14.7. The molecule has 0 saturated carbocycles. The zero-order chi connectivity index (χ0) is 16.4. The molecule has 0 saturated heterocycles. The second kappa shape index (κ2) is 6.66. The molecular weight excluding hydrogens is 306 g/mol. The van der Waals surface area contributed by atoms with Gasteiger partial charge < -0.3 is 9.88 Å². The van der Waals surface area contributed by atoms with Crippen LogP contribution in [0.4, 0.5) is 5.82 Å². The van der Waals surface area contributed by atoms with Gasteiger partial charge in [-0.15, -0.1) is 11.3 Å². The number of thiophene rings is 1. The van der Waals surface area contributed by atoms with Crippen LogP contribution in [0, 0.1) is 12.8 Å². The van der Waals surface area contributed by atoms with Crippen molar-refractivity contribution in [1.82, 2.24) is 19.5 Å². The minimum Gasteiger partial charge on any atom is -0.369 e. The van der Waals surface area contributed by atoms with Gasteiger partial charge in [0.05, 0.1) is 5.39 Å². The molecule has 3 aromatic heterocycles. The number of fused-ring (bicyclic) bond motifs is 1. The van der Waals surface area contributed by atoms with E-state index in [1.165, 1.54) is 10.9 Å². The smallest absolute Gasteiger partial charge is 0.138 e. The maximum atomic E-state index is 4.64. The zero-order valence-corrected chi connectivity index (χ0v) is 14.9. The Hall–Kier alpha value is -1.95. The summed E-state index contributed by atoms with van der Waals surface area (Å²) < 4.78 is 2.05. The molecule has 0 aromatic carbocycles. The molecule has 0 aliphatic rings. The van der Waals surface area contributed by atoms with E-state index in [0.717, 1.165) is 41.7 Å². The molecule has 122 valence electrons. The monoisotopic (exact) mass is 329 g/mol. The van der Waals surface area contributed by atoms with Gasteiger partial charge >= 0.3 is 0 Å². The van der Waals surface area contributed by atoms with Gasteiger partial charge in [-0.25, -0.2) is 15.0 Å². The van der Waals surface area contributed by atoms with Gasteiger partial charge in [-0.1, -0.05) is 13.8 Å². The largest absolute Gasteiger partial charge is 0.369 e. The highest BCUT2D eigenvalue weighted by Crippen LogP contribution is 2.31. The van der Waals surface area contributed by atoms with E-state index in [4.69, 9.17) is 0 Å². The molecule has 0 radical (unpaired) electrons. The van der Waals surface area contributed by atoms with E-state index in [1.54, 1.807) is 11.3 Å². The number of hydrogen-bond donors (Lipinski definition) is 1. The van der Waals surface area contributed by atoms with Gasteiger partial charge in [0.15, 0.2) is 0 Å². The topological polar surface area (TPSA) is 55.6 Å².